The van der Waals surface area contributed by atoms with Crippen molar-refractivity contribution in [2.45, 2.75) is 6.92 Å². The first-order valence-corrected chi connectivity index (χ1v) is 5.55. The van der Waals surface area contributed by atoms with Crippen LogP contribution in [0.4, 0.5) is 0 Å². The molecule has 0 bridgehead atoms. The van der Waals surface area contributed by atoms with Gasteiger partial charge in [0, 0.05) is 6.20 Å². The third kappa shape index (κ3) is 4.20. The van der Waals surface area contributed by atoms with Gasteiger partial charge in [0.2, 0.25) is 0 Å². The number of hydrogen-bond donors (Lipinski definition) is 1. The Kier molecular flexibility index (Phi) is 5.18. The number of hydrogen-bond acceptors (Lipinski definition) is 4. The van der Waals surface area contributed by atoms with E-state index in [-0.39, 0.29) is 28.9 Å². The lowest BCUT2D eigenvalue weighted by atomic mass is 10.3. The minimum atomic E-state index is -0.506. The summed E-state index contributed by atoms with van der Waals surface area (Å²) >= 11 is 11.3. The van der Waals surface area contributed by atoms with Crippen molar-refractivity contribution in [2.75, 3.05) is 13.2 Å². The summed E-state index contributed by atoms with van der Waals surface area (Å²) in [6.45, 7) is 1.75. The molecule has 0 aliphatic carbocycles. The molecule has 0 radical (unpaired) electrons. The first kappa shape index (κ1) is 13.7. The number of nitrogens with one attached hydrogen (secondary N) is 1. The number of aromatic nitrogens is 1. The Balaban J connectivity index is 2.58. The van der Waals surface area contributed by atoms with Crippen molar-refractivity contribution in [1.29, 1.82) is 0 Å². The zero-order valence-corrected chi connectivity index (χ0v) is 10.5. The average Bonchev–Trinajstić information content (AvgIpc) is 2.30. The highest BCUT2D eigenvalue weighted by Gasteiger charge is 2.10. The largest absolute Gasteiger partial charge is 0.465 e. The minimum absolute atomic E-state index is 0.119. The van der Waals surface area contributed by atoms with Gasteiger partial charge in [-0.15, -0.1) is 0 Å². The first-order chi connectivity index (χ1) is 8.04. The molecule has 1 amide bonds. The number of carbonyl (C=O) groups excluding carboxylic acids is 2. The molecule has 0 fully saturated rings. The maximum atomic E-state index is 11.6. The lowest BCUT2D eigenvalue weighted by Crippen LogP contribution is -2.30. The molecule has 0 aliphatic heterocycles. The summed E-state index contributed by atoms with van der Waals surface area (Å²) in [6, 6.07) is 1.37. The van der Waals surface area contributed by atoms with Crippen LogP contribution in [-0.2, 0) is 9.53 Å². The number of pyridine rings is 1. The Morgan fingerprint density at radius 2 is 2.18 bits per heavy atom. The van der Waals surface area contributed by atoms with Crippen LogP contribution in [0.5, 0.6) is 0 Å². The molecular weight excluding hydrogens is 267 g/mol. The number of halogens is 2. The van der Waals surface area contributed by atoms with E-state index in [0.29, 0.717) is 0 Å². The van der Waals surface area contributed by atoms with Gasteiger partial charge in [-0.2, -0.15) is 0 Å². The second-order valence-electron chi connectivity index (χ2n) is 2.98. The van der Waals surface area contributed by atoms with Gasteiger partial charge >= 0.3 is 5.97 Å². The van der Waals surface area contributed by atoms with Crippen molar-refractivity contribution in [1.82, 2.24) is 10.3 Å². The Morgan fingerprint density at radius 3 is 2.76 bits per heavy atom. The van der Waals surface area contributed by atoms with E-state index in [4.69, 9.17) is 23.2 Å². The number of carbonyl (C=O) groups is 2. The molecule has 1 heterocycles. The van der Waals surface area contributed by atoms with E-state index in [9.17, 15) is 9.59 Å². The van der Waals surface area contributed by atoms with Gasteiger partial charge in [0.05, 0.1) is 17.2 Å². The molecule has 1 rings (SSSR count). The Morgan fingerprint density at radius 1 is 1.47 bits per heavy atom. The molecule has 0 atom stereocenters. The van der Waals surface area contributed by atoms with Crippen LogP contribution in [0, 0.1) is 0 Å². The lowest BCUT2D eigenvalue weighted by molar-refractivity contribution is -0.141. The highest BCUT2D eigenvalue weighted by Crippen LogP contribution is 2.19. The summed E-state index contributed by atoms with van der Waals surface area (Å²) in [6.07, 6.45) is 1.27. The van der Waals surface area contributed by atoms with Crippen LogP contribution in [-0.4, -0.2) is 30.0 Å². The molecule has 0 aromatic carbocycles. The molecule has 92 valence electrons. The molecule has 0 saturated heterocycles. The van der Waals surface area contributed by atoms with Crippen molar-refractivity contribution in [3.63, 3.8) is 0 Å². The van der Waals surface area contributed by atoms with Gasteiger partial charge in [-0.05, 0) is 13.0 Å². The van der Waals surface area contributed by atoms with E-state index in [2.05, 4.69) is 15.0 Å². The molecular formula is C10H10Cl2N2O3. The smallest absolute Gasteiger partial charge is 0.325 e. The molecule has 17 heavy (non-hydrogen) atoms. The summed E-state index contributed by atoms with van der Waals surface area (Å²) in [5, 5.41) is 2.67. The Labute approximate surface area is 108 Å². The average molecular weight is 277 g/mol. The van der Waals surface area contributed by atoms with Crippen LogP contribution in [0.15, 0.2) is 12.3 Å². The summed E-state index contributed by atoms with van der Waals surface area (Å²) in [5.74, 6) is -0.974. The van der Waals surface area contributed by atoms with Crippen molar-refractivity contribution >= 4 is 35.1 Å². The fourth-order valence-corrected chi connectivity index (χ4v) is 1.28. The van der Waals surface area contributed by atoms with Crippen LogP contribution >= 0.6 is 23.2 Å². The number of rotatable bonds is 4. The molecule has 1 aromatic rings. The molecule has 5 nitrogen and oxygen atoms in total. The molecule has 0 spiro atoms. The monoisotopic (exact) mass is 276 g/mol. The molecule has 1 N–H and O–H groups in total. The fraction of sp³-hybridized carbons (Fsp3) is 0.300. The quantitative estimate of drug-likeness (QED) is 0.671. The maximum absolute atomic E-state index is 11.6. The molecule has 7 heteroatoms. The highest BCUT2D eigenvalue weighted by molar-refractivity contribution is 6.41. The van der Waals surface area contributed by atoms with E-state index in [1.165, 1.54) is 12.3 Å². The summed E-state index contributed by atoms with van der Waals surface area (Å²) in [4.78, 5) is 26.3. The SMILES string of the molecule is CCOC(=O)CNC(=O)c1cnc(Cl)c(Cl)c1. The van der Waals surface area contributed by atoms with Gasteiger partial charge in [0.1, 0.15) is 11.7 Å². The Hall–Kier alpha value is -1.33. The zero-order chi connectivity index (χ0) is 12.8. The molecule has 1 aromatic heterocycles. The fourth-order valence-electron chi connectivity index (χ4n) is 1.01. The Bertz CT molecular complexity index is 438. The maximum Gasteiger partial charge on any atom is 0.325 e. The van der Waals surface area contributed by atoms with Gasteiger partial charge in [0.15, 0.2) is 0 Å². The number of nitrogens with zero attached hydrogens (tertiary/aromatic N) is 1. The lowest BCUT2D eigenvalue weighted by Gasteiger charge is -2.05. The van der Waals surface area contributed by atoms with Crippen molar-refractivity contribution in [2.24, 2.45) is 0 Å². The standard InChI is InChI=1S/C10H10Cl2N2O3/c1-2-17-8(15)5-14-10(16)6-3-7(11)9(12)13-4-6/h3-4H,2,5H2,1H3,(H,14,16). The number of amides is 1. The predicted octanol–water partition coefficient (Wildman–Crippen LogP) is 1.68. The molecule has 0 aliphatic rings. The van der Waals surface area contributed by atoms with Crippen LogP contribution in [0.1, 0.15) is 17.3 Å². The van der Waals surface area contributed by atoms with E-state index < -0.39 is 11.9 Å². The van der Waals surface area contributed by atoms with Gasteiger partial charge in [-0.3, -0.25) is 9.59 Å². The van der Waals surface area contributed by atoms with Gasteiger partial charge in [-0.1, -0.05) is 23.2 Å². The van der Waals surface area contributed by atoms with Crippen molar-refractivity contribution in [3.05, 3.63) is 28.0 Å². The molecule has 0 unspecified atom stereocenters. The first-order valence-electron chi connectivity index (χ1n) is 4.79. The van der Waals surface area contributed by atoms with E-state index >= 15 is 0 Å². The topological polar surface area (TPSA) is 68.3 Å². The highest BCUT2D eigenvalue weighted by atomic mass is 35.5. The zero-order valence-electron chi connectivity index (χ0n) is 9.00. The second kappa shape index (κ2) is 6.42. The van der Waals surface area contributed by atoms with Crippen LogP contribution < -0.4 is 5.32 Å². The third-order valence-corrected chi connectivity index (χ3v) is 2.44. The second-order valence-corrected chi connectivity index (χ2v) is 3.75. The number of ether oxygens (including phenoxy) is 1. The summed E-state index contributed by atoms with van der Waals surface area (Å²) in [7, 11) is 0. The van der Waals surface area contributed by atoms with Gasteiger partial charge in [0.25, 0.3) is 5.91 Å². The minimum Gasteiger partial charge on any atom is -0.465 e. The molecule has 0 saturated carbocycles. The van der Waals surface area contributed by atoms with Crippen LogP contribution in [0.25, 0.3) is 0 Å². The predicted molar refractivity (Wildman–Crippen MR) is 63.2 cm³/mol. The van der Waals surface area contributed by atoms with E-state index in [0.717, 1.165) is 0 Å². The summed E-state index contributed by atoms with van der Waals surface area (Å²) < 4.78 is 4.65. The van der Waals surface area contributed by atoms with Crippen LogP contribution in [0.2, 0.25) is 10.2 Å². The van der Waals surface area contributed by atoms with E-state index in [1.807, 2.05) is 0 Å². The van der Waals surface area contributed by atoms with Crippen molar-refractivity contribution < 1.29 is 14.3 Å². The number of esters is 1. The van der Waals surface area contributed by atoms with E-state index in [1.54, 1.807) is 6.92 Å². The summed E-state index contributed by atoms with van der Waals surface area (Å²) in [5.41, 5.74) is 0.226. The third-order valence-electron chi connectivity index (χ3n) is 1.76. The van der Waals surface area contributed by atoms with Crippen LogP contribution in [0.3, 0.4) is 0 Å². The van der Waals surface area contributed by atoms with Gasteiger partial charge in [-0.25, -0.2) is 4.98 Å². The van der Waals surface area contributed by atoms with Crippen molar-refractivity contribution in [3.8, 4) is 0 Å². The normalized spacial score (nSPS) is 9.82. The van der Waals surface area contributed by atoms with Gasteiger partial charge < -0.3 is 10.1 Å².